The number of hydrogen-bond donors (Lipinski definition) is 1. The van der Waals surface area contributed by atoms with Gasteiger partial charge in [0.25, 0.3) is 0 Å². The zero-order valence-electron chi connectivity index (χ0n) is 8.63. The van der Waals surface area contributed by atoms with E-state index in [1.54, 1.807) is 23.6 Å². The Morgan fingerprint density at radius 1 is 1.50 bits per heavy atom. The number of nitrogens with zero attached hydrogens (tertiary/aromatic N) is 1. The van der Waals surface area contributed by atoms with E-state index in [2.05, 4.69) is 26.2 Å². The topological polar surface area (TPSA) is 24.9 Å². The third-order valence-corrected chi connectivity index (χ3v) is 3.57. The summed E-state index contributed by atoms with van der Waals surface area (Å²) in [6.07, 6.45) is 1.76. The van der Waals surface area contributed by atoms with Gasteiger partial charge in [0.15, 0.2) is 0 Å². The van der Waals surface area contributed by atoms with E-state index in [0.717, 1.165) is 16.3 Å². The predicted octanol–water partition coefficient (Wildman–Crippen LogP) is 3.97. The Kier molecular flexibility index (Phi) is 3.56. The van der Waals surface area contributed by atoms with Crippen molar-refractivity contribution in [1.29, 1.82) is 0 Å². The first kappa shape index (κ1) is 11.5. The second kappa shape index (κ2) is 4.93. The molecule has 0 aliphatic heterocycles. The highest BCUT2D eigenvalue weighted by molar-refractivity contribution is 9.10. The van der Waals surface area contributed by atoms with Crippen molar-refractivity contribution in [2.45, 2.75) is 13.5 Å². The molecule has 0 saturated carbocycles. The van der Waals surface area contributed by atoms with Crippen molar-refractivity contribution in [2.75, 3.05) is 5.32 Å². The van der Waals surface area contributed by atoms with E-state index >= 15 is 0 Å². The Balaban J connectivity index is 2.12. The second-order valence-electron chi connectivity index (χ2n) is 3.36. The number of rotatable bonds is 3. The molecule has 0 spiro atoms. The molecule has 0 radical (unpaired) electrons. The fourth-order valence-corrected chi connectivity index (χ4v) is 2.36. The van der Waals surface area contributed by atoms with Crippen molar-refractivity contribution in [3.05, 3.63) is 44.6 Å². The average molecular weight is 301 g/mol. The monoisotopic (exact) mass is 300 g/mol. The van der Waals surface area contributed by atoms with Crippen molar-refractivity contribution in [3.63, 3.8) is 0 Å². The number of thiazole rings is 1. The zero-order chi connectivity index (χ0) is 11.5. The van der Waals surface area contributed by atoms with Crippen molar-refractivity contribution in [1.82, 2.24) is 4.98 Å². The van der Waals surface area contributed by atoms with Crippen molar-refractivity contribution < 1.29 is 4.39 Å². The fraction of sp³-hybridized carbons (Fsp3) is 0.182. The largest absolute Gasteiger partial charge is 0.378 e. The van der Waals surface area contributed by atoms with Gasteiger partial charge in [0, 0.05) is 17.3 Å². The van der Waals surface area contributed by atoms with Crippen LogP contribution < -0.4 is 5.32 Å². The molecular weight excluding hydrogens is 291 g/mol. The van der Waals surface area contributed by atoms with Crippen LogP contribution in [0.3, 0.4) is 0 Å². The maximum Gasteiger partial charge on any atom is 0.139 e. The van der Waals surface area contributed by atoms with Crippen LogP contribution in [0, 0.1) is 12.7 Å². The van der Waals surface area contributed by atoms with Crippen molar-refractivity contribution in [3.8, 4) is 0 Å². The predicted molar refractivity (Wildman–Crippen MR) is 68.3 cm³/mol. The van der Waals surface area contributed by atoms with Gasteiger partial charge >= 0.3 is 0 Å². The average Bonchev–Trinajstić information content (AvgIpc) is 2.74. The lowest BCUT2D eigenvalue weighted by Crippen LogP contribution is -2.01. The lowest BCUT2D eigenvalue weighted by atomic mass is 10.2. The van der Waals surface area contributed by atoms with Gasteiger partial charge in [-0.25, -0.2) is 9.37 Å². The fourth-order valence-electron chi connectivity index (χ4n) is 1.35. The number of aromatic nitrogens is 1. The highest BCUT2D eigenvalue weighted by Crippen LogP contribution is 2.24. The van der Waals surface area contributed by atoms with Gasteiger partial charge in [-0.15, -0.1) is 11.3 Å². The molecule has 0 bridgehead atoms. The Morgan fingerprint density at radius 2 is 2.31 bits per heavy atom. The van der Waals surface area contributed by atoms with Gasteiger partial charge in [0.2, 0.25) is 0 Å². The van der Waals surface area contributed by atoms with E-state index < -0.39 is 0 Å². The molecule has 0 atom stereocenters. The van der Waals surface area contributed by atoms with Gasteiger partial charge in [-0.05, 0) is 40.5 Å². The third kappa shape index (κ3) is 2.59. The molecule has 0 aliphatic carbocycles. The number of benzene rings is 1. The molecule has 1 aromatic heterocycles. The van der Waals surface area contributed by atoms with Crippen LogP contribution in [0.2, 0.25) is 0 Å². The minimum atomic E-state index is -0.257. The van der Waals surface area contributed by atoms with Gasteiger partial charge in [0.05, 0.1) is 11.0 Å². The SMILES string of the molecule is Cc1cc(Br)c(F)cc1NCc1nccs1. The molecule has 1 N–H and O–H groups in total. The molecule has 0 amide bonds. The molecule has 2 nitrogen and oxygen atoms in total. The summed E-state index contributed by atoms with van der Waals surface area (Å²) in [6, 6.07) is 3.26. The van der Waals surface area contributed by atoms with Crippen LogP contribution in [0.25, 0.3) is 0 Å². The lowest BCUT2D eigenvalue weighted by molar-refractivity contribution is 0.621. The van der Waals surface area contributed by atoms with Crippen LogP contribution in [0.1, 0.15) is 10.6 Å². The highest BCUT2D eigenvalue weighted by atomic mass is 79.9. The van der Waals surface area contributed by atoms with E-state index in [9.17, 15) is 4.39 Å². The van der Waals surface area contributed by atoms with Crippen LogP contribution in [0.15, 0.2) is 28.2 Å². The normalized spacial score (nSPS) is 10.4. The van der Waals surface area contributed by atoms with Gasteiger partial charge in [0.1, 0.15) is 10.8 Å². The van der Waals surface area contributed by atoms with Gasteiger partial charge in [-0.2, -0.15) is 0 Å². The summed E-state index contributed by atoms with van der Waals surface area (Å²) in [5.74, 6) is -0.257. The molecule has 2 aromatic rings. The molecule has 0 fully saturated rings. The molecule has 2 rings (SSSR count). The minimum absolute atomic E-state index is 0.257. The van der Waals surface area contributed by atoms with E-state index in [4.69, 9.17) is 0 Å². The molecule has 1 aromatic carbocycles. The molecular formula is C11H10BrFN2S. The molecule has 0 saturated heterocycles. The molecule has 5 heteroatoms. The standard InChI is InChI=1S/C11H10BrFN2S/c1-7-4-8(12)9(13)5-10(7)15-6-11-14-2-3-16-11/h2-5,15H,6H2,1H3. The van der Waals surface area contributed by atoms with E-state index in [1.807, 2.05) is 12.3 Å². The maximum atomic E-state index is 13.3. The van der Waals surface area contributed by atoms with Crippen LogP contribution in [-0.4, -0.2) is 4.98 Å². The number of nitrogens with one attached hydrogen (secondary N) is 1. The number of hydrogen-bond acceptors (Lipinski definition) is 3. The summed E-state index contributed by atoms with van der Waals surface area (Å²) in [6.45, 7) is 2.56. The maximum absolute atomic E-state index is 13.3. The summed E-state index contributed by atoms with van der Waals surface area (Å²) >= 11 is 4.74. The van der Waals surface area contributed by atoms with Crippen molar-refractivity contribution in [2.24, 2.45) is 0 Å². The smallest absolute Gasteiger partial charge is 0.139 e. The van der Waals surface area contributed by atoms with Crippen LogP contribution in [0.5, 0.6) is 0 Å². The summed E-state index contributed by atoms with van der Waals surface area (Å²) < 4.78 is 13.8. The van der Waals surface area contributed by atoms with E-state index in [1.165, 1.54) is 6.07 Å². The highest BCUT2D eigenvalue weighted by Gasteiger charge is 2.05. The summed E-state index contributed by atoms with van der Waals surface area (Å²) in [7, 11) is 0. The van der Waals surface area contributed by atoms with Crippen molar-refractivity contribution >= 4 is 33.0 Å². The Labute approximate surface area is 106 Å². The molecule has 0 aliphatic rings. The number of aryl methyl sites for hydroxylation is 1. The Bertz CT molecular complexity index is 485. The van der Waals surface area contributed by atoms with Crippen LogP contribution in [-0.2, 0) is 6.54 Å². The number of halogens is 2. The minimum Gasteiger partial charge on any atom is -0.378 e. The van der Waals surface area contributed by atoms with Crippen LogP contribution in [0.4, 0.5) is 10.1 Å². The summed E-state index contributed by atoms with van der Waals surface area (Å²) in [5.41, 5.74) is 1.81. The Hall–Kier alpha value is -0.940. The zero-order valence-corrected chi connectivity index (χ0v) is 11.0. The molecule has 84 valence electrons. The molecule has 0 unspecified atom stereocenters. The lowest BCUT2D eigenvalue weighted by Gasteiger charge is -2.09. The quantitative estimate of drug-likeness (QED) is 0.928. The summed E-state index contributed by atoms with van der Waals surface area (Å²) in [4.78, 5) is 4.15. The van der Waals surface area contributed by atoms with E-state index in [0.29, 0.717) is 11.0 Å². The van der Waals surface area contributed by atoms with Crippen LogP contribution >= 0.6 is 27.3 Å². The van der Waals surface area contributed by atoms with Gasteiger partial charge in [-0.1, -0.05) is 0 Å². The van der Waals surface area contributed by atoms with E-state index in [-0.39, 0.29) is 5.82 Å². The molecule has 16 heavy (non-hydrogen) atoms. The summed E-state index contributed by atoms with van der Waals surface area (Å²) in [5, 5.41) is 6.08. The van der Waals surface area contributed by atoms with Gasteiger partial charge in [-0.3, -0.25) is 0 Å². The first-order chi connectivity index (χ1) is 7.66. The first-order valence-electron chi connectivity index (χ1n) is 4.74. The van der Waals surface area contributed by atoms with Gasteiger partial charge < -0.3 is 5.32 Å². The third-order valence-electron chi connectivity index (χ3n) is 2.18. The second-order valence-corrected chi connectivity index (χ2v) is 5.19. The number of anilines is 1. The Morgan fingerprint density at radius 3 is 3.00 bits per heavy atom. The molecule has 1 heterocycles. The first-order valence-corrected chi connectivity index (χ1v) is 6.42.